The van der Waals surface area contributed by atoms with Crippen molar-refractivity contribution in [3.05, 3.63) is 95.3 Å². The summed E-state index contributed by atoms with van der Waals surface area (Å²) >= 11 is 0. The molecule has 6 nitrogen and oxygen atoms in total. The van der Waals surface area contributed by atoms with Gasteiger partial charge in [-0.05, 0) is 86.0 Å². The molecule has 2 N–H and O–H groups in total. The number of aromatic amines is 1. The van der Waals surface area contributed by atoms with Crippen LogP contribution in [-0.4, -0.2) is 38.5 Å². The summed E-state index contributed by atoms with van der Waals surface area (Å²) in [6.07, 6.45) is 12.4. The van der Waals surface area contributed by atoms with E-state index in [9.17, 15) is 9.90 Å². The molecular weight excluding hydrogens is 474 g/mol. The minimum absolute atomic E-state index is 0.211. The highest BCUT2D eigenvalue weighted by Gasteiger charge is 2.33. The van der Waals surface area contributed by atoms with Gasteiger partial charge in [-0.2, -0.15) is 0 Å². The molecule has 1 fully saturated rings. The first-order chi connectivity index (χ1) is 18.6. The highest BCUT2D eigenvalue weighted by molar-refractivity contribution is 5.89. The number of rotatable bonds is 7. The Bertz CT molecular complexity index is 1500. The van der Waals surface area contributed by atoms with Crippen LogP contribution in [0.2, 0.25) is 0 Å². The van der Waals surface area contributed by atoms with Crippen LogP contribution in [0.25, 0.3) is 16.6 Å². The maximum Gasteiger partial charge on any atom is 0.335 e. The van der Waals surface area contributed by atoms with E-state index in [0.29, 0.717) is 23.6 Å². The second kappa shape index (κ2) is 10.5. The van der Waals surface area contributed by atoms with Crippen molar-refractivity contribution >= 4 is 22.6 Å². The smallest absolute Gasteiger partial charge is 0.335 e. The van der Waals surface area contributed by atoms with Gasteiger partial charge in [0.05, 0.1) is 11.8 Å². The maximum atomic E-state index is 11.7. The molecule has 1 aliphatic carbocycles. The first-order valence-corrected chi connectivity index (χ1v) is 13.6. The number of carboxylic acids is 1. The second-order valence-corrected chi connectivity index (χ2v) is 10.3. The maximum absolute atomic E-state index is 11.7. The van der Waals surface area contributed by atoms with Gasteiger partial charge in [-0.3, -0.25) is 4.90 Å². The fraction of sp³-hybridized carbons (Fsp3) is 0.312. The van der Waals surface area contributed by atoms with Crippen LogP contribution in [0.4, 0.5) is 0 Å². The van der Waals surface area contributed by atoms with Gasteiger partial charge in [0.25, 0.3) is 0 Å². The molecule has 1 unspecified atom stereocenters. The van der Waals surface area contributed by atoms with Crippen LogP contribution >= 0.6 is 0 Å². The average Bonchev–Trinajstić information content (AvgIpc) is 3.63. The number of nitrogens with zero attached hydrogens (tertiary/aromatic N) is 2. The standard InChI is InChI=1S/C32H33N3O3/c1-2-21-6-3-4-7-27(21)29-8-5-17-35(29)25-12-9-22(10-13-25)28-14-11-24(32(36)37)19-30(28)38-26-18-23-15-16-33-31(23)34-20-26/h3-4,6-7,9,11,14-16,18-20,25,29H,2,5,8,10,12-13,17H2,1H3,(H,33,34)(H,36,37)/t25?,29-/m0/s1. The molecule has 0 amide bonds. The first-order valence-electron chi connectivity index (χ1n) is 13.6. The van der Waals surface area contributed by atoms with Crippen LogP contribution in [0.5, 0.6) is 11.5 Å². The zero-order valence-corrected chi connectivity index (χ0v) is 21.7. The lowest BCUT2D eigenvalue weighted by molar-refractivity contribution is 0.0696. The molecule has 194 valence electrons. The Labute approximate surface area is 223 Å². The van der Waals surface area contributed by atoms with Crippen LogP contribution in [0.1, 0.15) is 72.1 Å². The molecule has 38 heavy (non-hydrogen) atoms. The van der Waals surface area contributed by atoms with Gasteiger partial charge in [0.1, 0.15) is 17.1 Å². The molecule has 3 heterocycles. The molecule has 4 aromatic rings. The minimum atomic E-state index is -0.967. The van der Waals surface area contributed by atoms with Gasteiger partial charge in [-0.25, -0.2) is 9.78 Å². The highest BCUT2D eigenvalue weighted by atomic mass is 16.5. The van der Waals surface area contributed by atoms with E-state index in [4.69, 9.17) is 4.74 Å². The molecule has 1 saturated heterocycles. The fourth-order valence-electron chi connectivity index (χ4n) is 6.21. The number of hydrogen-bond donors (Lipinski definition) is 2. The lowest BCUT2D eigenvalue weighted by Gasteiger charge is -2.36. The molecule has 0 bridgehead atoms. The van der Waals surface area contributed by atoms with E-state index in [2.05, 4.69) is 52.1 Å². The fourth-order valence-corrected chi connectivity index (χ4v) is 6.21. The molecule has 0 radical (unpaired) electrons. The van der Waals surface area contributed by atoms with Crippen molar-refractivity contribution in [3.63, 3.8) is 0 Å². The third-order valence-electron chi connectivity index (χ3n) is 8.12. The van der Waals surface area contributed by atoms with E-state index in [1.165, 1.54) is 29.5 Å². The summed E-state index contributed by atoms with van der Waals surface area (Å²) in [6, 6.07) is 19.0. The molecule has 2 atom stereocenters. The van der Waals surface area contributed by atoms with Crippen molar-refractivity contribution in [1.82, 2.24) is 14.9 Å². The number of likely N-dealkylation sites (tertiary alicyclic amines) is 1. The molecule has 0 saturated carbocycles. The lowest BCUT2D eigenvalue weighted by atomic mass is 9.88. The summed E-state index contributed by atoms with van der Waals surface area (Å²) in [4.78, 5) is 22.0. The highest BCUT2D eigenvalue weighted by Crippen LogP contribution is 2.42. The number of ether oxygens (including phenoxy) is 1. The quantitative estimate of drug-likeness (QED) is 0.273. The first kappa shape index (κ1) is 24.4. The third-order valence-corrected chi connectivity index (χ3v) is 8.12. The number of carbonyl (C=O) groups is 1. The number of fused-ring (bicyclic) bond motifs is 1. The number of benzene rings is 2. The Morgan fingerprint density at radius 2 is 2.05 bits per heavy atom. The molecule has 2 aromatic carbocycles. The molecular formula is C32H33N3O3. The number of carboxylic acid groups (broad SMARTS) is 1. The summed E-state index contributed by atoms with van der Waals surface area (Å²) < 4.78 is 6.27. The number of nitrogens with one attached hydrogen (secondary N) is 1. The van der Waals surface area contributed by atoms with Crippen molar-refractivity contribution < 1.29 is 14.6 Å². The average molecular weight is 508 g/mol. The number of aromatic nitrogens is 2. The van der Waals surface area contributed by atoms with Crippen molar-refractivity contribution in [2.24, 2.45) is 0 Å². The number of H-pyrrole nitrogens is 1. The van der Waals surface area contributed by atoms with Gasteiger partial charge in [0, 0.05) is 29.2 Å². The van der Waals surface area contributed by atoms with Gasteiger partial charge in [0.15, 0.2) is 0 Å². The van der Waals surface area contributed by atoms with Crippen LogP contribution in [-0.2, 0) is 6.42 Å². The predicted octanol–water partition coefficient (Wildman–Crippen LogP) is 7.39. The number of allylic oxidation sites excluding steroid dienone is 1. The summed E-state index contributed by atoms with van der Waals surface area (Å²) in [5.41, 5.74) is 6.13. The topological polar surface area (TPSA) is 78.5 Å². The Morgan fingerprint density at radius 3 is 2.87 bits per heavy atom. The minimum Gasteiger partial charge on any atom is -0.478 e. The van der Waals surface area contributed by atoms with Crippen molar-refractivity contribution in [2.75, 3.05) is 6.54 Å². The Balaban J connectivity index is 1.26. The zero-order valence-electron chi connectivity index (χ0n) is 21.7. The molecule has 2 aromatic heterocycles. The van der Waals surface area contributed by atoms with E-state index in [0.717, 1.165) is 48.8 Å². The summed E-state index contributed by atoms with van der Waals surface area (Å²) in [6.45, 7) is 3.39. The molecule has 2 aliphatic rings. The van der Waals surface area contributed by atoms with Gasteiger partial charge in [-0.1, -0.05) is 43.3 Å². The van der Waals surface area contributed by atoms with Gasteiger partial charge in [-0.15, -0.1) is 0 Å². The molecule has 1 aliphatic heterocycles. The van der Waals surface area contributed by atoms with Crippen LogP contribution in [0.15, 0.2) is 73.1 Å². The van der Waals surface area contributed by atoms with Gasteiger partial charge < -0.3 is 14.8 Å². The number of aromatic carboxylic acids is 1. The zero-order chi connectivity index (χ0) is 26.1. The van der Waals surface area contributed by atoms with Crippen molar-refractivity contribution in [2.45, 2.75) is 57.5 Å². The van der Waals surface area contributed by atoms with E-state index in [1.54, 1.807) is 18.3 Å². The van der Waals surface area contributed by atoms with Crippen LogP contribution < -0.4 is 4.74 Å². The molecule has 0 spiro atoms. The number of pyridine rings is 1. The van der Waals surface area contributed by atoms with E-state index in [-0.39, 0.29) is 5.56 Å². The monoisotopic (exact) mass is 507 g/mol. The van der Waals surface area contributed by atoms with E-state index in [1.807, 2.05) is 24.4 Å². The normalized spacial score (nSPS) is 20.0. The van der Waals surface area contributed by atoms with Gasteiger partial charge in [0.2, 0.25) is 0 Å². The van der Waals surface area contributed by atoms with Crippen LogP contribution in [0.3, 0.4) is 0 Å². The molecule has 6 heteroatoms. The van der Waals surface area contributed by atoms with Crippen molar-refractivity contribution in [3.8, 4) is 11.5 Å². The van der Waals surface area contributed by atoms with E-state index >= 15 is 0 Å². The third kappa shape index (κ3) is 4.72. The predicted molar refractivity (Wildman–Crippen MR) is 150 cm³/mol. The summed E-state index contributed by atoms with van der Waals surface area (Å²) in [7, 11) is 0. The van der Waals surface area contributed by atoms with Gasteiger partial charge >= 0.3 is 5.97 Å². The summed E-state index contributed by atoms with van der Waals surface area (Å²) in [5, 5.41) is 10.6. The molecule has 6 rings (SSSR count). The van der Waals surface area contributed by atoms with E-state index < -0.39 is 5.97 Å². The Morgan fingerprint density at radius 1 is 1.16 bits per heavy atom. The summed E-state index contributed by atoms with van der Waals surface area (Å²) in [5.74, 6) is 0.178. The number of aryl methyl sites for hydroxylation is 1. The van der Waals surface area contributed by atoms with Crippen LogP contribution in [0, 0.1) is 0 Å². The lowest BCUT2D eigenvalue weighted by Crippen LogP contribution is -2.36. The Kier molecular flexibility index (Phi) is 6.73. The second-order valence-electron chi connectivity index (χ2n) is 10.3. The Hall–Kier alpha value is -3.90. The largest absolute Gasteiger partial charge is 0.478 e. The number of hydrogen-bond acceptors (Lipinski definition) is 4. The van der Waals surface area contributed by atoms with Crippen molar-refractivity contribution in [1.29, 1.82) is 0 Å². The SMILES string of the molecule is CCc1ccccc1[C@@H]1CCCN1C1CC=C(c2ccc(C(=O)O)cc2Oc2cnc3[nH]ccc3c2)CC1.